The Kier molecular flexibility index (Phi) is 7.11. The Morgan fingerprint density at radius 1 is 1.30 bits per heavy atom. The van der Waals surface area contributed by atoms with Gasteiger partial charge in [-0.2, -0.15) is 0 Å². The molecule has 0 spiro atoms. The van der Waals surface area contributed by atoms with Crippen LogP contribution in [0.1, 0.15) is 25.3 Å². The molecule has 27 heavy (non-hydrogen) atoms. The first-order valence-corrected chi connectivity index (χ1v) is 11.0. The van der Waals surface area contributed by atoms with Gasteiger partial charge in [-0.1, -0.05) is 17.7 Å². The fourth-order valence-electron chi connectivity index (χ4n) is 2.98. The minimum absolute atomic E-state index is 0.212. The first-order valence-electron chi connectivity index (χ1n) is 8.81. The van der Waals surface area contributed by atoms with Crippen molar-refractivity contribution >= 4 is 39.2 Å². The van der Waals surface area contributed by atoms with Gasteiger partial charge in [0.05, 0.1) is 24.5 Å². The number of rotatable bonds is 6. The Morgan fingerprint density at radius 2 is 1.93 bits per heavy atom. The molecule has 0 saturated carbocycles. The normalized spacial score (nSPS) is 15.5. The van der Waals surface area contributed by atoms with Crippen molar-refractivity contribution in [2.45, 2.75) is 26.7 Å². The van der Waals surface area contributed by atoms with Crippen LogP contribution in [0.3, 0.4) is 0 Å². The number of piperidine rings is 1. The van der Waals surface area contributed by atoms with Gasteiger partial charge in [0.2, 0.25) is 15.9 Å². The van der Waals surface area contributed by atoms with Crippen LogP contribution in [0.4, 0.5) is 5.69 Å². The largest absolute Gasteiger partial charge is 0.466 e. The van der Waals surface area contributed by atoms with Crippen LogP contribution in [-0.2, 0) is 24.3 Å². The van der Waals surface area contributed by atoms with Gasteiger partial charge >= 0.3 is 5.97 Å². The van der Waals surface area contributed by atoms with Crippen molar-refractivity contribution in [3.8, 4) is 0 Å². The number of hydrogen-bond acceptors (Lipinski definition) is 5. The number of likely N-dealkylation sites (tertiary alicyclic amines) is 1. The molecule has 0 radical (unpaired) electrons. The minimum atomic E-state index is -3.66. The summed E-state index contributed by atoms with van der Waals surface area (Å²) in [6.45, 7) is 4.40. The van der Waals surface area contributed by atoms with Crippen LogP contribution in [0.15, 0.2) is 18.2 Å². The molecule has 1 aromatic carbocycles. The maximum atomic E-state index is 12.7. The summed E-state index contributed by atoms with van der Waals surface area (Å²) in [5, 5.41) is 0.434. The lowest BCUT2D eigenvalue weighted by atomic mass is 9.97. The van der Waals surface area contributed by atoms with Crippen LogP contribution in [0.25, 0.3) is 0 Å². The van der Waals surface area contributed by atoms with Gasteiger partial charge in [0.25, 0.3) is 0 Å². The van der Waals surface area contributed by atoms with Crippen LogP contribution in [0, 0.1) is 12.8 Å². The molecule has 1 aliphatic heterocycles. The zero-order valence-electron chi connectivity index (χ0n) is 15.8. The van der Waals surface area contributed by atoms with Crippen molar-refractivity contribution in [1.29, 1.82) is 0 Å². The lowest BCUT2D eigenvalue weighted by Gasteiger charge is -2.32. The van der Waals surface area contributed by atoms with E-state index < -0.39 is 10.0 Å². The maximum absolute atomic E-state index is 12.7. The zero-order chi connectivity index (χ0) is 20.2. The maximum Gasteiger partial charge on any atom is 0.309 e. The first-order chi connectivity index (χ1) is 12.6. The van der Waals surface area contributed by atoms with Crippen molar-refractivity contribution in [1.82, 2.24) is 4.90 Å². The van der Waals surface area contributed by atoms with E-state index in [2.05, 4.69) is 0 Å². The highest BCUT2D eigenvalue weighted by Crippen LogP contribution is 2.25. The molecule has 0 aliphatic carbocycles. The number of esters is 1. The molecule has 0 atom stereocenters. The molecule has 0 unspecified atom stereocenters. The Bertz CT molecular complexity index is 804. The van der Waals surface area contributed by atoms with E-state index in [0.29, 0.717) is 43.2 Å². The Hall–Kier alpha value is -1.80. The second-order valence-electron chi connectivity index (χ2n) is 6.61. The first kappa shape index (κ1) is 21.5. The standard InChI is InChI=1S/C18H25ClN2O5S/c1-4-26-18(23)14-7-9-20(10-8-14)17(22)12-21(27(3,24)25)15-6-5-13(2)16(19)11-15/h5-6,11,14H,4,7-10,12H2,1-3H3. The zero-order valence-corrected chi connectivity index (χ0v) is 17.3. The lowest BCUT2D eigenvalue weighted by molar-refractivity contribution is -0.151. The molecule has 1 heterocycles. The molecule has 0 N–H and O–H groups in total. The average Bonchev–Trinajstić information content (AvgIpc) is 2.61. The quantitative estimate of drug-likeness (QED) is 0.664. The smallest absolute Gasteiger partial charge is 0.309 e. The van der Waals surface area contributed by atoms with Gasteiger partial charge in [0, 0.05) is 18.1 Å². The van der Waals surface area contributed by atoms with E-state index in [4.69, 9.17) is 16.3 Å². The number of nitrogens with zero attached hydrogens (tertiary/aromatic N) is 2. The predicted octanol–water partition coefficient (Wildman–Crippen LogP) is 2.22. The third-order valence-electron chi connectivity index (χ3n) is 4.59. The van der Waals surface area contributed by atoms with E-state index in [0.717, 1.165) is 16.1 Å². The van der Waals surface area contributed by atoms with Crippen molar-refractivity contribution < 1.29 is 22.7 Å². The minimum Gasteiger partial charge on any atom is -0.466 e. The average molecular weight is 417 g/mol. The second kappa shape index (κ2) is 8.93. The summed E-state index contributed by atoms with van der Waals surface area (Å²) in [5.74, 6) is -0.757. The number of carbonyl (C=O) groups excluding carboxylic acids is 2. The summed E-state index contributed by atoms with van der Waals surface area (Å²) < 4.78 is 30.5. The summed E-state index contributed by atoms with van der Waals surface area (Å²) in [5.41, 5.74) is 1.17. The van der Waals surface area contributed by atoms with Crippen LogP contribution >= 0.6 is 11.6 Å². The summed E-state index contributed by atoms with van der Waals surface area (Å²) in [4.78, 5) is 26.0. The van der Waals surface area contributed by atoms with Gasteiger partial charge in [-0.05, 0) is 44.4 Å². The SMILES string of the molecule is CCOC(=O)C1CCN(C(=O)CN(c2ccc(C)c(Cl)c2)S(C)(=O)=O)CC1. The fourth-order valence-corrected chi connectivity index (χ4v) is 4.00. The van der Waals surface area contributed by atoms with Gasteiger partial charge in [-0.25, -0.2) is 8.42 Å². The molecule has 1 aromatic rings. The number of hydrogen-bond donors (Lipinski definition) is 0. The fraction of sp³-hybridized carbons (Fsp3) is 0.556. The van der Waals surface area contributed by atoms with Crippen molar-refractivity contribution in [3.63, 3.8) is 0 Å². The third kappa shape index (κ3) is 5.59. The van der Waals surface area contributed by atoms with Crippen molar-refractivity contribution in [2.75, 3.05) is 36.8 Å². The Morgan fingerprint density at radius 3 is 2.44 bits per heavy atom. The lowest BCUT2D eigenvalue weighted by Crippen LogP contribution is -2.46. The molecular weight excluding hydrogens is 392 g/mol. The number of anilines is 1. The summed E-state index contributed by atoms with van der Waals surface area (Å²) >= 11 is 6.10. The Balaban J connectivity index is 2.07. The number of amides is 1. The predicted molar refractivity (Wildman–Crippen MR) is 104 cm³/mol. The number of halogens is 1. The molecule has 2 rings (SSSR count). The van der Waals surface area contributed by atoms with E-state index in [1.807, 2.05) is 6.92 Å². The number of ether oxygens (including phenoxy) is 1. The van der Waals surface area contributed by atoms with E-state index in [9.17, 15) is 18.0 Å². The van der Waals surface area contributed by atoms with Crippen molar-refractivity contribution in [2.24, 2.45) is 5.92 Å². The van der Waals surface area contributed by atoms with Crippen LogP contribution in [-0.4, -0.2) is 57.7 Å². The highest BCUT2D eigenvalue weighted by atomic mass is 35.5. The number of sulfonamides is 1. The van der Waals surface area contributed by atoms with Gasteiger partial charge in [0.15, 0.2) is 0 Å². The highest BCUT2D eigenvalue weighted by molar-refractivity contribution is 7.92. The van der Waals surface area contributed by atoms with Crippen LogP contribution in [0.5, 0.6) is 0 Å². The molecule has 1 saturated heterocycles. The molecule has 1 aliphatic rings. The Labute approximate surface area is 165 Å². The van der Waals surface area contributed by atoms with Crippen LogP contribution in [0.2, 0.25) is 5.02 Å². The molecular formula is C18H25ClN2O5S. The van der Waals surface area contributed by atoms with E-state index in [1.54, 1.807) is 24.0 Å². The second-order valence-corrected chi connectivity index (χ2v) is 8.92. The molecule has 0 aromatic heterocycles. The highest BCUT2D eigenvalue weighted by Gasteiger charge is 2.30. The van der Waals surface area contributed by atoms with Gasteiger partial charge in [-0.15, -0.1) is 0 Å². The van der Waals surface area contributed by atoms with E-state index in [-0.39, 0.29) is 24.3 Å². The van der Waals surface area contributed by atoms with Gasteiger partial charge in [-0.3, -0.25) is 13.9 Å². The number of carbonyl (C=O) groups is 2. The van der Waals surface area contributed by atoms with Crippen LogP contribution < -0.4 is 4.31 Å². The van der Waals surface area contributed by atoms with Gasteiger partial charge < -0.3 is 9.64 Å². The summed E-state index contributed by atoms with van der Waals surface area (Å²) in [7, 11) is -3.66. The summed E-state index contributed by atoms with van der Waals surface area (Å²) in [6, 6.07) is 4.88. The van der Waals surface area contributed by atoms with E-state index >= 15 is 0 Å². The summed E-state index contributed by atoms with van der Waals surface area (Å²) in [6.07, 6.45) is 2.08. The molecule has 0 bridgehead atoms. The molecule has 1 fully saturated rings. The van der Waals surface area contributed by atoms with Gasteiger partial charge in [0.1, 0.15) is 6.54 Å². The molecule has 1 amide bonds. The number of benzene rings is 1. The molecule has 7 nitrogen and oxygen atoms in total. The number of aryl methyl sites for hydroxylation is 1. The molecule has 9 heteroatoms. The topological polar surface area (TPSA) is 84.0 Å². The third-order valence-corrected chi connectivity index (χ3v) is 6.14. The molecule has 150 valence electrons. The van der Waals surface area contributed by atoms with Crippen molar-refractivity contribution in [3.05, 3.63) is 28.8 Å². The monoisotopic (exact) mass is 416 g/mol. The van der Waals surface area contributed by atoms with E-state index in [1.165, 1.54) is 6.07 Å².